The van der Waals surface area contributed by atoms with Crippen molar-refractivity contribution >= 4 is 11.7 Å². The number of aromatic nitrogens is 1. The van der Waals surface area contributed by atoms with Crippen LogP contribution in [0.5, 0.6) is 11.5 Å². The van der Waals surface area contributed by atoms with E-state index in [1.54, 1.807) is 18.1 Å². The molecule has 0 spiro atoms. The summed E-state index contributed by atoms with van der Waals surface area (Å²) in [5.74, 6) is 1.34. The first-order chi connectivity index (χ1) is 13.1. The van der Waals surface area contributed by atoms with Crippen LogP contribution in [0.4, 0.5) is 10.5 Å². The van der Waals surface area contributed by atoms with Crippen LogP contribution in [0, 0.1) is 6.92 Å². The third-order valence-electron chi connectivity index (χ3n) is 4.12. The van der Waals surface area contributed by atoms with Crippen LogP contribution in [-0.4, -0.2) is 29.5 Å². The van der Waals surface area contributed by atoms with Gasteiger partial charge >= 0.3 is 6.03 Å². The van der Waals surface area contributed by atoms with E-state index in [-0.39, 0.29) is 6.03 Å². The Balaban J connectivity index is 1.63. The number of aryl methyl sites for hydroxylation is 1. The van der Waals surface area contributed by atoms with E-state index in [0.717, 1.165) is 17.0 Å². The van der Waals surface area contributed by atoms with Gasteiger partial charge in [-0.25, -0.2) is 4.79 Å². The van der Waals surface area contributed by atoms with Gasteiger partial charge in [0.2, 0.25) is 0 Å². The van der Waals surface area contributed by atoms with Crippen LogP contribution < -0.4 is 10.1 Å². The Bertz CT molecular complexity index is 897. The van der Waals surface area contributed by atoms with Gasteiger partial charge < -0.3 is 15.0 Å². The van der Waals surface area contributed by atoms with Crippen LogP contribution in [-0.2, 0) is 6.42 Å². The predicted octanol–water partition coefficient (Wildman–Crippen LogP) is 4.89. The largest absolute Gasteiger partial charge is 0.455 e. The Labute approximate surface area is 159 Å². The average Bonchev–Trinajstić information content (AvgIpc) is 2.68. The molecule has 138 valence electrons. The smallest absolute Gasteiger partial charge is 0.321 e. The lowest BCUT2D eigenvalue weighted by atomic mass is 10.2. The van der Waals surface area contributed by atoms with Crippen molar-refractivity contribution in [2.45, 2.75) is 13.3 Å². The summed E-state index contributed by atoms with van der Waals surface area (Å²) in [5.41, 5.74) is 2.71. The second-order valence-corrected chi connectivity index (χ2v) is 6.34. The van der Waals surface area contributed by atoms with E-state index in [2.05, 4.69) is 10.3 Å². The Morgan fingerprint density at radius 2 is 1.89 bits per heavy atom. The van der Waals surface area contributed by atoms with Crippen molar-refractivity contribution in [3.63, 3.8) is 0 Å². The number of benzene rings is 2. The van der Waals surface area contributed by atoms with Crippen LogP contribution in [0.25, 0.3) is 0 Å². The van der Waals surface area contributed by atoms with E-state index in [1.807, 2.05) is 73.7 Å². The number of nitrogens with zero attached hydrogens (tertiary/aromatic N) is 2. The SMILES string of the molecule is Cc1cccc(Oc2ccccc2NC(=O)N(C)CCc2ccccn2)c1. The summed E-state index contributed by atoms with van der Waals surface area (Å²) in [5, 5.41) is 2.92. The molecule has 2 amide bonds. The van der Waals surface area contributed by atoms with Crippen molar-refractivity contribution in [3.05, 3.63) is 84.2 Å². The monoisotopic (exact) mass is 361 g/mol. The highest BCUT2D eigenvalue weighted by molar-refractivity contribution is 5.90. The number of pyridine rings is 1. The normalized spacial score (nSPS) is 10.3. The molecule has 1 aromatic heterocycles. The molecule has 0 saturated carbocycles. The summed E-state index contributed by atoms with van der Waals surface area (Å²) in [6.45, 7) is 2.58. The van der Waals surface area contributed by atoms with Gasteiger partial charge in [0.25, 0.3) is 0 Å². The molecule has 0 saturated heterocycles. The molecule has 0 aliphatic carbocycles. The van der Waals surface area contributed by atoms with Crippen molar-refractivity contribution in [2.75, 3.05) is 18.9 Å². The third-order valence-corrected chi connectivity index (χ3v) is 4.12. The summed E-state index contributed by atoms with van der Waals surface area (Å²) in [6.07, 6.45) is 2.46. The fourth-order valence-electron chi connectivity index (χ4n) is 2.61. The molecule has 1 heterocycles. The van der Waals surface area contributed by atoms with E-state index in [1.165, 1.54) is 0 Å². The number of hydrogen-bond donors (Lipinski definition) is 1. The number of amides is 2. The van der Waals surface area contributed by atoms with E-state index < -0.39 is 0 Å². The topological polar surface area (TPSA) is 54.5 Å². The molecule has 0 bridgehead atoms. The summed E-state index contributed by atoms with van der Waals surface area (Å²) in [7, 11) is 1.77. The van der Waals surface area contributed by atoms with Gasteiger partial charge in [-0.2, -0.15) is 0 Å². The molecule has 27 heavy (non-hydrogen) atoms. The zero-order chi connectivity index (χ0) is 19.1. The summed E-state index contributed by atoms with van der Waals surface area (Å²) in [6, 6.07) is 20.8. The number of ether oxygens (including phenoxy) is 1. The average molecular weight is 361 g/mol. The Morgan fingerprint density at radius 3 is 2.67 bits per heavy atom. The van der Waals surface area contributed by atoms with Gasteiger partial charge in [0, 0.05) is 31.9 Å². The Hall–Kier alpha value is -3.34. The second kappa shape index (κ2) is 8.85. The van der Waals surface area contributed by atoms with Crippen LogP contribution >= 0.6 is 0 Å². The second-order valence-electron chi connectivity index (χ2n) is 6.34. The first-order valence-electron chi connectivity index (χ1n) is 8.87. The molecule has 0 radical (unpaired) electrons. The lowest BCUT2D eigenvalue weighted by molar-refractivity contribution is 0.223. The Morgan fingerprint density at radius 1 is 1.07 bits per heavy atom. The molecule has 5 nitrogen and oxygen atoms in total. The maximum Gasteiger partial charge on any atom is 0.321 e. The molecule has 2 aromatic carbocycles. The molecule has 5 heteroatoms. The lowest BCUT2D eigenvalue weighted by Gasteiger charge is -2.19. The molecular formula is C22H23N3O2. The van der Waals surface area contributed by atoms with Gasteiger partial charge in [-0.15, -0.1) is 0 Å². The zero-order valence-corrected chi connectivity index (χ0v) is 15.6. The number of carbonyl (C=O) groups is 1. The molecule has 0 aliphatic rings. The van der Waals surface area contributed by atoms with Crippen molar-refractivity contribution < 1.29 is 9.53 Å². The van der Waals surface area contributed by atoms with E-state index >= 15 is 0 Å². The summed E-state index contributed by atoms with van der Waals surface area (Å²) < 4.78 is 5.96. The van der Waals surface area contributed by atoms with Gasteiger partial charge in [-0.1, -0.05) is 30.3 Å². The van der Waals surface area contributed by atoms with Gasteiger partial charge in [-0.05, 0) is 48.9 Å². The highest BCUT2D eigenvalue weighted by atomic mass is 16.5. The number of likely N-dealkylation sites (N-methyl/N-ethyl adjacent to an activating group) is 1. The van der Waals surface area contributed by atoms with Crippen molar-refractivity contribution in [1.29, 1.82) is 0 Å². The van der Waals surface area contributed by atoms with Gasteiger partial charge in [0.1, 0.15) is 5.75 Å². The predicted molar refractivity (Wildman–Crippen MR) is 107 cm³/mol. The zero-order valence-electron chi connectivity index (χ0n) is 15.6. The van der Waals surface area contributed by atoms with Gasteiger partial charge in [0.05, 0.1) is 5.69 Å². The standard InChI is InChI=1S/C22H23N3O2/c1-17-8-7-10-19(16-17)27-21-12-4-3-11-20(21)24-22(26)25(2)15-13-18-9-5-6-14-23-18/h3-12,14,16H,13,15H2,1-2H3,(H,24,26). The van der Waals surface area contributed by atoms with Crippen molar-refractivity contribution in [2.24, 2.45) is 0 Å². The van der Waals surface area contributed by atoms with Crippen LogP contribution in [0.2, 0.25) is 0 Å². The van der Waals surface area contributed by atoms with E-state index in [9.17, 15) is 4.79 Å². The number of nitrogens with one attached hydrogen (secondary N) is 1. The number of carbonyl (C=O) groups excluding carboxylic acids is 1. The molecule has 3 rings (SSSR count). The summed E-state index contributed by atoms with van der Waals surface area (Å²) in [4.78, 5) is 18.5. The Kier molecular flexibility index (Phi) is 6.05. The minimum atomic E-state index is -0.189. The lowest BCUT2D eigenvalue weighted by Crippen LogP contribution is -2.33. The highest BCUT2D eigenvalue weighted by Crippen LogP contribution is 2.29. The molecule has 0 unspecified atom stereocenters. The number of para-hydroxylation sites is 2. The molecule has 1 N–H and O–H groups in total. The van der Waals surface area contributed by atoms with Gasteiger partial charge in [-0.3, -0.25) is 4.98 Å². The van der Waals surface area contributed by atoms with Crippen LogP contribution in [0.15, 0.2) is 72.9 Å². The number of rotatable bonds is 6. The number of anilines is 1. The van der Waals surface area contributed by atoms with E-state index in [0.29, 0.717) is 24.4 Å². The first kappa shape index (κ1) is 18.5. The fourth-order valence-corrected chi connectivity index (χ4v) is 2.61. The summed E-state index contributed by atoms with van der Waals surface area (Å²) >= 11 is 0. The van der Waals surface area contributed by atoms with Gasteiger partial charge in [0.15, 0.2) is 5.75 Å². The minimum absolute atomic E-state index is 0.189. The molecule has 0 fully saturated rings. The maximum absolute atomic E-state index is 12.5. The quantitative estimate of drug-likeness (QED) is 0.680. The molecule has 0 aliphatic heterocycles. The highest BCUT2D eigenvalue weighted by Gasteiger charge is 2.12. The fraction of sp³-hybridized carbons (Fsp3) is 0.182. The number of hydrogen-bond acceptors (Lipinski definition) is 3. The number of urea groups is 1. The first-order valence-corrected chi connectivity index (χ1v) is 8.87. The minimum Gasteiger partial charge on any atom is -0.455 e. The van der Waals surface area contributed by atoms with Crippen LogP contribution in [0.3, 0.4) is 0 Å². The van der Waals surface area contributed by atoms with Crippen molar-refractivity contribution in [1.82, 2.24) is 9.88 Å². The van der Waals surface area contributed by atoms with E-state index in [4.69, 9.17) is 4.74 Å². The third kappa shape index (κ3) is 5.31. The van der Waals surface area contributed by atoms with Crippen molar-refractivity contribution in [3.8, 4) is 11.5 Å². The molecule has 3 aromatic rings. The van der Waals surface area contributed by atoms with Crippen LogP contribution in [0.1, 0.15) is 11.3 Å². The molecular weight excluding hydrogens is 338 g/mol. The molecule has 0 atom stereocenters. The maximum atomic E-state index is 12.5.